The summed E-state index contributed by atoms with van der Waals surface area (Å²) in [5.41, 5.74) is 0.382. The van der Waals surface area contributed by atoms with Gasteiger partial charge in [0.2, 0.25) is 10.0 Å². The summed E-state index contributed by atoms with van der Waals surface area (Å²) in [5, 5.41) is 0. The Kier molecular flexibility index (Phi) is 9.15. The molecule has 30 heavy (non-hydrogen) atoms. The molecule has 1 aromatic rings. The molecule has 0 heterocycles. The van der Waals surface area contributed by atoms with E-state index in [4.69, 9.17) is 20.6 Å². The molecule has 0 amide bonds. The number of carbonyl (C=O) groups is 1. The predicted molar refractivity (Wildman–Crippen MR) is 121 cm³/mol. The van der Waals surface area contributed by atoms with Gasteiger partial charge in [0.05, 0.1) is 45.2 Å². The predicted octanol–water partition coefficient (Wildman–Crippen LogP) is 3.08. The monoisotopic (exact) mass is 453 g/mol. The Hall–Kier alpha value is -2.28. The van der Waals surface area contributed by atoms with Gasteiger partial charge in [-0.05, 0) is 23.7 Å². The van der Waals surface area contributed by atoms with E-state index in [9.17, 15) is 13.2 Å². The van der Waals surface area contributed by atoms with Crippen LogP contribution >= 0.6 is 0 Å². The molecule has 1 atom stereocenters. The fourth-order valence-electron chi connectivity index (χ4n) is 2.76. The van der Waals surface area contributed by atoms with Gasteiger partial charge in [0.15, 0.2) is 0 Å². The summed E-state index contributed by atoms with van der Waals surface area (Å²) in [4.78, 5) is 12.3. The smallest absolute Gasteiger partial charge is 0.335 e. The molecule has 0 bridgehead atoms. The van der Waals surface area contributed by atoms with Crippen LogP contribution in [0.25, 0.3) is 0 Å². The number of benzene rings is 1. The van der Waals surface area contributed by atoms with Crippen LogP contribution in [0.5, 0.6) is 11.5 Å². The van der Waals surface area contributed by atoms with Gasteiger partial charge in [-0.1, -0.05) is 32.1 Å². The molecule has 166 valence electrons. The number of carbonyl (C=O) groups excluding carboxylic acids is 1. The van der Waals surface area contributed by atoms with Gasteiger partial charge < -0.3 is 14.2 Å². The van der Waals surface area contributed by atoms with Gasteiger partial charge in [0, 0.05) is 14.1 Å². The molecule has 0 spiro atoms. The van der Waals surface area contributed by atoms with Crippen molar-refractivity contribution in [1.29, 1.82) is 0 Å². The Morgan fingerprint density at radius 1 is 1.17 bits per heavy atom. The van der Waals surface area contributed by atoms with Crippen molar-refractivity contribution in [2.75, 3.05) is 33.6 Å². The molecular weight excluding hydrogens is 422 g/mol. The SMILES string of the molecule is C#CCN(C(C(=C)C(=O)OC)c1cc(OC)cc(OC)c1)S(=O)(=O)CC[Si](C)(C)C. The van der Waals surface area contributed by atoms with E-state index in [-0.39, 0.29) is 17.9 Å². The first kappa shape index (κ1) is 25.8. The number of ether oxygens (including phenoxy) is 3. The van der Waals surface area contributed by atoms with Crippen LogP contribution in [0.1, 0.15) is 11.6 Å². The standard InChI is InChI=1S/C21H31NO6SSi/c1-9-10-22(29(24,25)11-12-30(6,7)8)20(16(2)21(23)28-5)17-13-18(26-3)15-19(14-17)27-4/h1,13-15,20H,2,10-12H2,3-8H3. The zero-order valence-corrected chi connectivity index (χ0v) is 20.3. The number of esters is 1. The van der Waals surface area contributed by atoms with Crippen molar-refractivity contribution in [3.63, 3.8) is 0 Å². The molecule has 0 aliphatic rings. The minimum atomic E-state index is -3.82. The zero-order valence-electron chi connectivity index (χ0n) is 18.5. The third-order valence-corrected chi connectivity index (χ3v) is 8.36. The number of rotatable bonds is 11. The summed E-state index contributed by atoms with van der Waals surface area (Å²) in [6.45, 7) is 9.86. The van der Waals surface area contributed by atoms with Crippen molar-refractivity contribution in [3.8, 4) is 23.8 Å². The van der Waals surface area contributed by atoms with Crippen LogP contribution in [0.2, 0.25) is 25.7 Å². The lowest BCUT2D eigenvalue weighted by Crippen LogP contribution is -2.40. The van der Waals surface area contributed by atoms with Crippen LogP contribution in [0, 0.1) is 12.3 Å². The molecule has 1 aromatic carbocycles. The highest BCUT2D eigenvalue weighted by Crippen LogP contribution is 2.35. The van der Waals surface area contributed by atoms with E-state index in [1.54, 1.807) is 18.2 Å². The first-order valence-electron chi connectivity index (χ1n) is 9.33. The number of methoxy groups -OCH3 is 3. The first-order chi connectivity index (χ1) is 13.9. The molecule has 0 aliphatic carbocycles. The third kappa shape index (κ3) is 6.90. The summed E-state index contributed by atoms with van der Waals surface area (Å²) in [6, 6.07) is 4.38. The molecule has 0 aliphatic heterocycles. The molecule has 9 heteroatoms. The number of hydrogen-bond acceptors (Lipinski definition) is 6. The molecule has 0 saturated carbocycles. The van der Waals surface area contributed by atoms with Crippen LogP contribution in [0.15, 0.2) is 30.4 Å². The molecular formula is C21H31NO6SSi. The van der Waals surface area contributed by atoms with Crippen LogP contribution < -0.4 is 9.47 Å². The maximum absolute atomic E-state index is 13.3. The summed E-state index contributed by atoms with van der Waals surface area (Å²) in [6.07, 6.45) is 5.50. The highest BCUT2D eigenvalue weighted by molar-refractivity contribution is 7.89. The summed E-state index contributed by atoms with van der Waals surface area (Å²) >= 11 is 0. The van der Waals surface area contributed by atoms with Gasteiger partial charge in [-0.3, -0.25) is 0 Å². The van der Waals surface area contributed by atoms with E-state index in [0.717, 1.165) is 4.31 Å². The minimum absolute atomic E-state index is 0.0559. The molecule has 0 N–H and O–H groups in total. The molecule has 7 nitrogen and oxygen atoms in total. The van der Waals surface area contributed by atoms with Crippen molar-refractivity contribution in [2.24, 2.45) is 0 Å². The van der Waals surface area contributed by atoms with Crippen molar-refractivity contribution in [1.82, 2.24) is 4.31 Å². The average molecular weight is 454 g/mol. The topological polar surface area (TPSA) is 82.1 Å². The van der Waals surface area contributed by atoms with Gasteiger partial charge >= 0.3 is 5.97 Å². The fourth-order valence-corrected chi connectivity index (χ4v) is 7.32. The van der Waals surface area contributed by atoms with E-state index in [0.29, 0.717) is 23.1 Å². The minimum Gasteiger partial charge on any atom is -0.497 e. The summed E-state index contributed by atoms with van der Waals surface area (Å²) in [7, 11) is -1.29. The van der Waals surface area contributed by atoms with E-state index in [1.807, 2.05) is 0 Å². The van der Waals surface area contributed by atoms with Crippen LogP contribution in [0.3, 0.4) is 0 Å². The highest BCUT2D eigenvalue weighted by atomic mass is 32.2. The Labute approximate surface area is 181 Å². The second-order valence-corrected chi connectivity index (χ2v) is 15.6. The van der Waals surface area contributed by atoms with E-state index in [1.165, 1.54) is 21.3 Å². The van der Waals surface area contributed by atoms with Gasteiger partial charge in [-0.25, -0.2) is 13.2 Å². The Bertz CT molecular complexity index is 892. The summed E-state index contributed by atoms with van der Waals surface area (Å²) < 4.78 is 43.2. The van der Waals surface area contributed by atoms with Gasteiger partial charge in [0.25, 0.3) is 0 Å². The van der Waals surface area contributed by atoms with Gasteiger partial charge in [0.1, 0.15) is 11.5 Å². The molecule has 0 saturated heterocycles. The lowest BCUT2D eigenvalue weighted by atomic mass is 9.99. The largest absolute Gasteiger partial charge is 0.497 e. The number of terminal acetylenes is 1. The number of nitrogens with zero attached hydrogens (tertiary/aromatic N) is 1. The van der Waals surface area contributed by atoms with Crippen molar-refractivity contribution in [3.05, 3.63) is 35.9 Å². The Morgan fingerprint density at radius 3 is 2.10 bits per heavy atom. The van der Waals surface area contributed by atoms with E-state index < -0.39 is 30.1 Å². The number of hydrogen-bond donors (Lipinski definition) is 0. The molecule has 0 radical (unpaired) electrons. The maximum atomic E-state index is 13.3. The maximum Gasteiger partial charge on any atom is 0.335 e. The lowest BCUT2D eigenvalue weighted by molar-refractivity contribution is -0.136. The quantitative estimate of drug-likeness (QED) is 0.222. The van der Waals surface area contributed by atoms with Crippen molar-refractivity contribution >= 4 is 24.1 Å². The van der Waals surface area contributed by atoms with E-state index >= 15 is 0 Å². The highest BCUT2D eigenvalue weighted by Gasteiger charge is 2.36. The molecule has 1 unspecified atom stereocenters. The Morgan fingerprint density at radius 2 is 1.70 bits per heavy atom. The van der Waals surface area contributed by atoms with Crippen LogP contribution in [-0.4, -0.2) is 60.4 Å². The zero-order chi connectivity index (χ0) is 23.1. The summed E-state index contributed by atoms with van der Waals surface area (Å²) in [5.74, 6) is 2.46. The second kappa shape index (κ2) is 10.7. The average Bonchev–Trinajstić information content (AvgIpc) is 2.70. The molecule has 0 fully saturated rings. The van der Waals surface area contributed by atoms with Crippen LogP contribution in [0.4, 0.5) is 0 Å². The fraction of sp³-hybridized carbons (Fsp3) is 0.476. The van der Waals surface area contributed by atoms with Crippen molar-refractivity contribution in [2.45, 2.75) is 31.7 Å². The van der Waals surface area contributed by atoms with Crippen molar-refractivity contribution < 1.29 is 27.4 Å². The van der Waals surface area contributed by atoms with Gasteiger partial charge in [-0.2, -0.15) is 4.31 Å². The van der Waals surface area contributed by atoms with E-state index in [2.05, 4.69) is 32.1 Å². The lowest BCUT2D eigenvalue weighted by Gasteiger charge is -2.31. The molecule has 1 rings (SSSR count). The third-order valence-electron chi connectivity index (χ3n) is 4.47. The van der Waals surface area contributed by atoms with Crippen LogP contribution in [-0.2, 0) is 19.6 Å². The second-order valence-electron chi connectivity index (χ2n) is 7.94. The Balaban J connectivity index is 3.64. The number of sulfonamides is 1. The first-order valence-corrected chi connectivity index (χ1v) is 14.6. The van der Waals surface area contributed by atoms with Gasteiger partial charge in [-0.15, -0.1) is 6.42 Å². The normalized spacial score (nSPS) is 12.7. The molecule has 0 aromatic heterocycles.